The van der Waals surface area contributed by atoms with E-state index < -0.39 is 0 Å². The first-order chi connectivity index (χ1) is 13.6. The van der Waals surface area contributed by atoms with E-state index in [-0.39, 0.29) is 35.6 Å². The lowest BCUT2D eigenvalue weighted by molar-refractivity contribution is -0.145. The molecular formula is C22H21N3O3. The molecule has 2 aliphatic heterocycles. The van der Waals surface area contributed by atoms with Gasteiger partial charge in [-0.3, -0.25) is 19.3 Å². The van der Waals surface area contributed by atoms with Crippen molar-refractivity contribution in [2.45, 2.75) is 18.9 Å². The lowest BCUT2D eigenvalue weighted by Gasteiger charge is -2.43. The predicted octanol–water partition coefficient (Wildman–Crippen LogP) is 2.25. The van der Waals surface area contributed by atoms with Gasteiger partial charge in [-0.25, -0.2) is 0 Å². The molecule has 1 aliphatic carbocycles. The fourth-order valence-electron chi connectivity index (χ4n) is 4.44. The van der Waals surface area contributed by atoms with Gasteiger partial charge in [-0.15, -0.1) is 0 Å². The first-order valence-corrected chi connectivity index (χ1v) is 9.68. The third-order valence-corrected chi connectivity index (χ3v) is 6.07. The normalized spacial score (nSPS) is 24.4. The van der Waals surface area contributed by atoms with Crippen LogP contribution in [-0.2, 0) is 9.59 Å². The number of fused-ring (bicyclic) bond motifs is 1. The Morgan fingerprint density at radius 1 is 0.857 bits per heavy atom. The Balaban J connectivity index is 1.24. The average molecular weight is 375 g/mol. The second kappa shape index (κ2) is 6.48. The number of hydrogen-bond acceptors (Lipinski definition) is 3. The number of benzene rings is 1. The van der Waals surface area contributed by atoms with Crippen molar-refractivity contribution in [3.63, 3.8) is 0 Å². The fraction of sp³-hybridized carbons (Fsp3) is 0.318. The highest BCUT2D eigenvalue weighted by Gasteiger charge is 2.52. The number of nitrogens with zero attached hydrogens (tertiary/aromatic N) is 3. The van der Waals surface area contributed by atoms with E-state index in [1.54, 1.807) is 4.90 Å². The summed E-state index contributed by atoms with van der Waals surface area (Å²) >= 11 is 0. The average Bonchev–Trinajstić information content (AvgIpc) is 3.31. The van der Waals surface area contributed by atoms with Crippen molar-refractivity contribution in [2.75, 3.05) is 13.1 Å². The second-order valence-corrected chi connectivity index (χ2v) is 7.70. The van der Waals surface area contributed by atoms with Crippen molar-refractivity contribution in [2.24, 2.45) is 11.8 Å². The van der Waals surface area contributed by atoms with Crippen LogP contribution in [-0.4, -0.2) is 51.2 Å². The monoisotopic (exact) mass is 375 g/mol. The molecule has 0 spiro atoms. The fourth-order valence-corrected chi connectivity index (χ4v) is 4.44. The molecule has 6 nitrogen and oxygen atoms in total. The van der Waals surface area contributed by atoms with Gasteiger partial charge in [-0.2, -0.15) is 0 Å². The highest BCUT2D eigenvalue weighted by atomic mass is 16.2. The molecule has 5 rings (SSSR count). The Bertz CT molecular complexity index is 929. The minimum atomic E-state index is -0.205. The Labute approximate surface area is 163 Å². The smallest absolute Gasteiger partial charge is 0.253 e. The van der Waals surface area contributed by atoms with Crippen LogP contribution in [0.5, 0.6) is 0 Å². The maximum Gasteiger partial charge on any atom is 0.253 e. The molecule has 2 fully saturated rings. The molecule has 28 heavy (non-hydrogen) atoms. The summed E-state index contributed by atoms with van der Waals surface area (Å²) in [6.07, 6.45) is 9.18. The van der Waals surface area contributed by atoms with Crippen LogP contribution in [0.4, 0.5) is 0 Å². The van der Waals surface area contributed by atoms with Crippen LogP contribution >= 0.6 is 0 Å². The summed E-state index contributed by atoms with van der Waals surface area (Å²) in [6.45, 7) is 0.838. The van der Waals surface area contributed by atoms with Gasteiger partial charge in [0.15, 0.2) is 0 Å². The zero-order valence-corrected chi connectivity index (χ0v) is 15.4. The molecule has 3 amide bonds. The molecular weight excluding hydrogens is 354 g/mol. The lowest BCUT2D eigenvalue weighted by atomic mass is 9.85. The van der Waals surface area contributed by atoms with Crippen LogP contribution in [0.3, 0.4) is 0 Å². The molecule has 2 unspecified atom stereocenters. The predicted molar refractivity (Wildman–Crippen MR) is 103 cm³/mol. The largest absolute Gasteiger partial charge is 0.334 e. The van der Waals surface area contributed by atoms with Crippen LogP contribution < -0.4 is 0 Å². The molecule has 0 N–H and O–H groups in total. The van der Waals surface area contributed by atoms with Crippen molar-refractivity contribution < 1.29 is 14.4 Å². The third kappa shape index (κ3) is 2.59. The number of hydrogen-bond donors (Lipinski definition) is 0. The topological polar surface area (TPSA) is 62.6 Å². The minimum Gasteiger partial charge on any atom is -0.334 e. The minimum absolute atomic E-state index is 0.0616. The molecule has 142 valence electrons. The summed E-state index contributed by atoms with van der Waals surface area (Å²) in [5.41, 5.74) is 1.61. The van der Waals surface area contributed by atoms with E-state index in [0.29, 0.717) is 31.5 Å². The van der Waals surface area contributed by atoms with Crippen molar-refractivity contribution in [3.05, 3.63) is 66.5 Å². The Hall–Kier alpha value is -3.15. The van der Waals surface area contributed by atoms with Gasteiger partial charge in [0.2, 0.25) is 11.8 Å². The van der Waals surface area contributed by atoms with Crippen molar-refractivity contribution in [1.82, 2.24) is 14.4 Å². The number of allylic oxidation sites excluding steroid dienone is 2. The van der Waals surface area contributed by atoms with Crippen molar-refractivity contribution in [1.29, 1.82) is 0 Å². The highest BCUT2D eigenvalue weighted by molar-refractivity contribution is 6.06. The second-order valence-electron chi connectivity index (χ2n) is 7.70. The van der Waals surface area contributed by atoms with Crippen LogP contribution in [0.1, 0.15) is 23.2 Å². The summed E-state index contributed by atoms with van der Waals surface area (Å²) in [5.74, 6) is -0.597. The molecule has 0 bridgehead atoms. The molecule has 2 saturated heterocycles. The highest BCUT2D eigenvalue weighted by Crippen LogP contribution is 2.37. The van der Waals surface area contributed by atoms with E-state index in [1.807, 2.05) is 65.5 Å². The Kier molecular flexibility index (Phi) is 3.93. The number of carbonyl (C=O) groups excluding carboxylic acids is 3. The van der Waals surface area contributed by atoms with Crippen molar-refractivity contribution >= 4 is 17.7 Å². The zero-order chi connectivity index (χ0) is 19.3. The Morgan fingerprint density at radius 2 is 1.43 bits per heavy atom. The first-order valence-electron chi connectivity index (χ1n) is 9.68. The van der Waals surface area contributed by atoms with E-state index in [9.17, 15) is 14.4 Å². The summed E-state index contributed by atoms with van der Waals surface area (Å²) in [7, 11) is 0. The first kappa shape index (κ1) is 17.0. The van der Waals surface area contributed by atoms with Crippen LogP contribution in [0.15, 0.2) is 60.9 Å². The quantitative estimate of drug-likeness (QED) is 0.611. The number of aromatic nitrogens is 1. The van der Waals surface area contributed by atoms with Gasteiger partial charge in [0.1, 0.15) is 0 Å². The van der Waals surface area contributed by atoms with E-state index >= 15 is 0 Å². The lowest BCUT2D eigenvalue weighted by Crippen LogP contribution is -2.62. The molecule has 3 heterocycles. The maximum absolute atomic E-state index is 12.7. The molecule has 1 aromatic carbocycles. The number of carbonyl (C=O) groups is 3. The van der Waals surface area contributed by atoms with Gasteiger partial charge >= 0.3 is 0 Å². The summed E-state index contributed by atoms with van der Waals surface area (Å²) < 4.78 is 1.98. The molecule has 2 aromatic rings. The molecule has 0 radical (unpaired) electrons. The third-order valence-electron chi connectivity index (χ3n) is 6.07. The van der Waals surface area contributed by atoms with Gasteiger partial charge in [-0.1, -0.05) is 12.2 Å². The molecule has 1 aromatic heterocycles. The number of rotatable bonds is 3. The molecule has 0 saturated carbocycles. The van der Waals surface area contributed by atoms with Gasteiger partial charge in [0.05, 0.1) is 17.9 Å². The SMILES string of the molecule is O=C(c1ccc(-n2cccc2)cc1)N1CC(N2C(=O)C3CC=CCC3C2=O)C1. The van der Waals surface area contributed by atoms with Gasteiger partial charge < -0.3 is 9.47 Å². The van der Waals surface area contributed by atoms with Crippen LogP contribution in [0, 0.1) is 11.8 Å². The maximum atomic E-state index is 12.7. The number of amides is 3. The van der Waals surface area contributed by atoms with Crippen LogP contribution in [0.2, 0.25) is 0 Å². The van der Waals surface area contributed by atoms with Crippen LogP contribution in [0.25, 0.3) is 5.69 Å². The van der Waals surface area contributed by atoms with E-state index in [2.05, 4.69) is 0 Å². The number of likely N-dealkylation sites (tertiary alicyclic amines) is 2. The van der Waals surface area contributed by atoms with Gasteiger partial charge in [0, 0.05) is 36.7 Å². The van der Waals surface area contributed by atoms with E-state index in [0.717, 1.165) is 5.69 Å². The zero-order valence-electron chi connectivity index (χ0n) is 15.4. The van der Waals surface area contributed by atoms with Gasteiger partial charge in [0.25, 0.3) is 5.91 Å². The Morgan fingerprint density at radius 3 is 2.00 bits per heavy atom. The summed E-state index contributed by atoms with van der Waals surface area (Å²) in [5, 5.41) is 0. The standard InChI is InChI=1S/C22H21N3O3/c26-20(15-7-9-16(10-8-15)23-11-3-4-12-23)24-13-17(14-24)25-21(27)18-5-1-2-6-19(18)22(25)28/h1-4,7-12,17-19H,5-6,13-14H2. The number of imide groups is 1. The summed E-state index contributed by atoms with van der Waals surface area (Å²) in [6, 6.07) is 11.2. The van der Waals surface area contributed by atoms with Gasteiger partial charge in [-0.05, 0) is 49.2 Å². The molecule has 2 atom stereocenters. The van der Waals surface area contributed by atoms with E-state index in [1.165, 1.54) is 4.90 Å². The molecule has 3 aliphatic rings. The van der Waals surface area contributed by atoms with Crippen molar-refractivity contribution in [3.8, 4) is 5.69 Å². The summed E-state index contributed by atoms with van der Waals surface area (Å²) in [4.78, 5) is 41.1. The van der Waals surface area contributed by atoms with E-state index in [4.69, 9.17) is 0 Å². The molecule has 6 heteroatoms.